The quantitative estimate of drug-likeness (QED) is 0.295. The number of benzene rings is 2. The molecule has 190 valence electrons. The number of methoxy groups -OCH3 is 1. The van der Waals surface area contributed by atoms with E-state index in [2.05, 4.69) is 20.3 Å². The Bertz CT molecular complexity index is 1720. The first kappa shape index (κ1) is 24.4. The molecule has 4 N–H and O–H groups in total. The normalized spacial score (nSPS) is 11.7. The molecule has 2 aromatic carbocycles. The number of carboxylic acids is 1. The van der Waals surface area contributed by atoms with Gasteiger partial charge in [-0.25, -0.2) is 19.7 Å². The van der Waals surface area contributed by atoms with Crippen LogP contribution in [-0.4, -0.2) is 42.7 Å². The maximum absolute atomic E-state index is 14.2. The monoisotopic (exact) mass is 509 g/mol. The molecule has 0 fully saturated rings. The number of ether oxygens (including phenoxy) is 1. The number of nitrogens with zero attached hydrogens (tertiary/aromatic N) is 5. The number of nitrogens with one attached hydrogen (secondary N) is 1. The molecule has 0 amide bonds. The number of rotatable bonds is 7. The smallest absolute Gasteiger partial charge is 0.341 e. The van der Waals surface area contributed by atoms with Crippen LogP contribution in [-0.2, 0) is 0 Å². The summed E-state index contributed by atoms with van der Waals surface area (Å²) in [5, 5.41) is 13.1. The molecule has 3 aromatic heterocycles. The van der Waals surface area contributed by atoms with Crippen molar-refractivity contribution in [2.24, 2.45) is 0 Å². The molecule has 11 heteroatoms. The number of pyridine rings is 1. The Kier molecular flexibility index (Phi) is 6.40. The Morgan fingerprint density at radius 3 is 2.61 bits per heavy atom. The van der Waals surface area contributed by atoms with Gasteiger partial charge in [0.15, 0.2) is 0 Å². The van der Waals surface area contributed by atoms with Gasteiger partial charge in [-0.3, -0.25) is 9.36 Å². The Balaban J connectivity index is 1.74. The minimum Gasteiger partial charge on any atom is -0.481 e. The summed E-state index contributed by atoms with van der Waals surface area (Å²) in [5.41, 5.74) is 7.76. The summed E-state index contributed by atoms with van der Waals surface area (Å²) in [6.07, 6.45) is 2.75. The van der Waals surface area contributed by atoms with Crippen LogP contribution in [0.5, 0.6) is 5.88 Å². The Morgan fingerprint density at radius 2 is 1.87 bits per heavy atom. The van der Waals surface area contributed by atoms with Gasteiger partial charge in [-0.2, -0.15) is 4.98 Å². The van der Waals surface area contributed by atoms with Crippen LogP contribution in [0.2, 0.25) is 0 Å². The predicted molar refractivity (Wildman–Crippen MR) is 143 cm³/mol. The summed E-state index contributed by atoms with van der Waals surface area (Å²) >= 11 is 0. The van der Waals surface area contributed by atoms with E-state index in [0.29, 0.717) is 33.9 Å². The third-order valence-corrected chi connectivity index (χ3v) is 5.97. The number of nitrogen functional groups attached to an aromatic ring is 1. The predicted octanol–water partition coefficient (Wildman–Crippen LogP) is 3.70. The second-order valence-electron chi connectivity index (χ2n) is 8.39. The lowest BCUT2D eigenvalue weighted by molar-refractivity contribution is 0.0697. The van der Waals surface area contributed by atoms with Crippen LogP contribution in [0.1, 0.15) is 29.1 Å². The molecule has 38 heavy (non-hydrogen) atoms. The van der Waals surface area contributed by atoms with Crippen LogP contribution in [0.15, 0.2) is 77.9 Å². The minimum atomic E-state index is -1.22. The van der Waals surface area contributed by atoms with E-state index < -0.39 is 12.0 Å². The van der Waals surface area contributed by atoms with E-state index in [0.717, 1.165) is 11.8 Å². The van der Waals surface area contributed by atoms with E-state index in [1.807, 2.05) is 30.3 Å². The van der Waals surface area contributed by atoms with Crippen molar-refractivity contribution in [3.8, 4) is 22.7 Å². The van der Waals surface area contributed by atoms with E-state index in [4.69, 9.17) is 15.5 Å². The zero-order valence-corrected chi connectivity index (χ0v) is 20.5. The average Bonchev–Trinajstić information content (AvgIpc) is 2.93. The number of hydrogen-bond donors (Lipinski definition) is 3. The van der Waals surface area contributed by atoms with Gasteiger partial charge in [0.25, 0.3) is 5.56 Å². The molecule has 0 bridgehead atoms. The Morgan fingerprint density at radius 1 is 1.08 bits per heavy atom. The second kappa shape index (κ2) is 9.97. The molecule has 5 aromatic rings. The maximum Gasteiger partial charge on any atom is 0.341 e. The van der Waals surface area contributed by atoms with Crippen molar-refractivity contribution < 1.29 is 14.6 Å². The van der Waals surface area contributed by atoms with Crippen LogP contribution >= 0.6 is 0 Å². The first-order valence-electron chi connectivity index (χ1n) is 11.6. The second-order valence-corrected chi connectivity index (χ2v) is 8.39. The van der Waals surface area contributed by atoms with E-state index in [1.165, 1.54) is 11.7 Å². The lowest BCUT2D eigenvalue weighted by Gasteiger charge is -2.21. The van der Waals surface area contributed by atoms with Crippen LogP contribution in [0, 0.1) is 0 Å². The van der Waals surface area contributed by atoms with E-state index in [9.17, 15) is 14.7 Å². The van der Waals surface area contributed by atoms with Crippen molar-refractivity contribution in [2.45, 2.75) is 13.0 Å². The number of carbonyl (C=O) groups is 1. The molecular formula is C27H23N7O4. The van der Waals surface area contributed by atoms with Gasteiger partial charge in [-0.05, 0) is 42.3 Å². The number of aromatic nitrogens is 5. The van der Waals surface area contributed by atoms with Crippen molar-refractivity contribution >= 4 is 28.6 Å². The third kappa shape index (κ3) is 4.48. The SMILES string of the molecule is COc1cc(-c2cccc3nc([C@H](C)Nc4nc(N)ncc4C(=O)O)n(-c4ccccc4)c(=O)c23)ccn1. The van der Waals surface area contributed by atoms with Crippen LogP contribution in [0.4, 0.5) is 11.8 Å². The number of hydrogen-bond acceptors (Lipinski definition) is 9. The molecule has 0 radical (unpaired) electrons. The molecular weight excluding hydrogens is 486 g/mol. The average molecular weight is 510 g/mol. The molecule has 0 saturated carbocycles. The number of fused-ring (bicyclic) bond motifs is 1. The van der Waals surface area contributed by atoms with Gasteiger partial charge in [0.2, 0.25) is 11.8 Å². The molecule has 0 spiro atoms. The molecule has 0 aliphatic carbocycles. The van der Waals surface area contributed by atoms with Gasteiger partial charge >= 0.3 is 5.97 Å². The third-order valence-electron chi connectivity index (χ3n) is 5.97. The summed E-state index contributed by atoms with van der Waals surface area (Å²) < 4.78 is 6.78. The number of para-hydroxylation sites is 1. The lowest BCUT2D eigenvalue weighted by Crippen LogP contribution is -2.28. The van der Waals surface area contributed by atoms with Gasteiger partial charge in [-0.15, -0.1) is 0 Å². The van der Waals surface area contributed by atoms with Gasteiger partial charge in [-0.1, -0.05) is 30.3 Å². The lowest BCUT2D eigenvalue weighted by atomic mass is 10.0. The molecule has 11 nitrogen and oxygen atoms in total. The first-order chi connectivity index (χ1) is 18.4. The fourth-order valence-corrected chi connectivity index (χ4v) is 4.23. The summed E-state index contributed by atoms with van der Waals surface area (Å²) in [7, 11) is 1.53. The summed E-state index contributed by atoms with van der Waals surface area (Å²) in [4.78, 5) is 42.8. The Labute approximate surface area is 216 Å². The highest BCUT2D eigenvalue weighted by atomic mass is 16.5. The maximum atomic E-state index is 14.2. The van der Waals surface area contributed by atoms with Crippen LogP contribution in [0.3, 0.4) is 0 Å². The van der Waals surface area contributed by atoms with Gasteiger partial charge < -0.3 is 20.9 Å². The van der Waals surface area contributed by atoms with Gasteiger partial charge in [0.05, 0.1) is 29.7 Å². The first-order valence-corrected chi connectivity index (χ1v) is 11.6. The minimum absolute atomic E-state index is 0.0177. The summed E-state index contributed by atoms with van der Waals surface area (Å²) in [5.74, 6) is -0.516. The van der Waals surface area contributed by atoms with E-state index in [-0.39, 0.29) is 22.9 Å². The zero-order valence-electron chi connectivity index (χ0n) is 20.5. The molecule has 0 saturated heterocycles. The summed E-state index contributed by atoms with van der Waals surface area (Å²) in [6, 6.07) is 17.4. The van der Waals surface area contributed by atoms with Gasteiger partial charge in [0.1, 0.15) is 17.2 Å². The molecule has 0 aliphatic rings. The molecule has 3 heterocycles. The highest BCUT2D eigenvalue weighted by Gasteiger charge is 2.22. The number of nitrogens with two attached hydrogens (primary N) is 1. The topological polar surface area (TPSA) is 158 Å². The van der Waals surface area contributed by atoms with E-state index >= 15 is 0 Å². The largest absolute Gasteiger partial charge is 0.481 e. The summed E-state index contributed by atoms with van der Waals surface area (Å²) in [6.45, 7) is 1.76. The fourth-order valence-electron chi connectivity index (χ4n) is 4.23. The van der Waals surface area contributed by atoms with Crippen LogP contribution < -0.4 is 21.3 Å². The van der Waals surface area contributed by atoms with Crippen molar-refractivity contribution in [3.63, 3.8) is 0 Å². The number of anilines is 2. The van der Waals surface area contributed by atoms with Crippen molar-refractivity contribution in [3.05, 3.63) is 94.8 Å². The van der Waals surface area contributed by atoms with Gasteiger partial charge in [0, 0.05) is 18.5 Å². The highest BCUT2D eigenvalue weighted by molar-refractivity contribution is 5.95. The standard InChI is InChI=1S/C27H23N7O4/c1-15(31-23-19(26(36)37)14-30-27(28)33-23)24-32-20-10-6-9-18(16-11-12-29-21(13-16)38-2)22(20)25(35)34(24)17-7-4-3-5-8-17/h3-15H,1-2H3,(H,36,37)(H3,28,30,31,33)/t15-/m0/s1. The highest BCUT2D eigenvalue weighted by Crippen LogP contribution is 2.29. The number of carboxylic acid groups (broad SMARTS) is 1. The van der Waals surface area contributed by atoms with Crippen LogP contribution in [0.25, 0.3) is 27.7 Å². The molecule has 0 aliphatic heterocycles. The number of aromatic carboxylic acids is 1. The fraction of sp³-hybridized carbons (Fsp3) is 0.111. The molecule has 5 rings (SSSR count). The van der Waals surface area contributed by atoms with Crippen molar-refractivity contribution in [1.82, 2.24) is 24.5 Å². The molecule has 0 unspecified atom stereocenters. The van der Waals surface area contributed by atoms with Crippen molar-refractivity contribution in [1.29, 1.82) is 0 Å². The Hall–Kier alpha value is -5.32. The van der Waals surface area contributed by atoms with Crippen molar-refractivity contribution in [2.75, 3.05) is 18.2 Å². The molecule has 1 atom stereocenters. The zero-order chi connectivity index (χ0) is 26.8. The van der Waals surface area contributed by atoms with E-state index in [1.54, 1.807) is 43.5 Å².